The summed E-state index contributed by atoms with van der Waals surface area (Å²) in [6, 6.07) is 3.15. The van der Waals surface area contributed by atoms with Crippen molar-refractivity contribution in [3.8, 4) is 0 Å². The van der Waals surface area contributed by atoms with Crippen LogP contribution in [-0.4, -0.2) is 32.7 Å². The molecular weight excluding hydrogens is 344 g/mol. The van der Waals surface area contributed by atoms with Crippen molar-refractivity contribution in [1.29, 1.82) is 0 Å². The number of ether oxygens (including phenoxy) is 1. The molecular formula is C17H23ClN2O3Si. The topological polar surface area (TPSA) is 43.1 Å². The maximum absolute atomic E-state index is 12.4. The summed E-state index contributed by atoms with van der Waals surface area (Å²) in [5, 5.41) is 0.368. The predicted molar refractivity (Wildman–Crippen MR) is 98.6 cm³/mol. The highest BCUT2D eigenvalue weighted by molar-refractivity contribution is 6.69. The number of carbonyl (C=O) groups excluding carboxylic acids is 1. The number of rotatable bonds is 4. The lowest BCUT2D eigenvalue weighted by Crippen LogP contribution is -2.48. The quantitative estimate of drug-likeness (QED) is 0.546. The fraction of sp³-hybridized carbons (Fsp3) is 0.529. The lowest BCUT2D eigenvalue weighted by atomic mass is 10.0. The van der Waals surface area contributed by atoms with Crippen molar-refractivity contribution < 1.29 is 14.0 Å². The van der Waals surface area contributed by atoms with E-state index in [1.807, 2.05) is 20.8 Å². The molecule has 130 valence electrons. The van der Waals surface area contributed by atoms with Crippen molar-refractivity contribution in [3.63, 3.8) is 0 Å². The number of anilines is 1. The molecule has 1 heterocycles. The summed E-state index contributed by atoms with van der Waals surface area (Å²) < 4.78 is 11.6. The first-order chi connectivity index (χ1) is 11.1. The average molecular weight is 367 g/mol. The van der Waals surface area contributed by atoms with Crippen molar-refractivity contribution in [1.82, 2.24) is 0 Å². The van der Waals surface area contributed by atoms with Crippen LogP contribution in [0.25, 0.3) is 4.85 Å². The van der Waals surface area contributed by atoms with E-state index in [1.54, 1.807) is 17.0 Å². The van der Waals surface area contributed by atoms with Gasteiger partial charge in [-0.15, -0.1) is 0 Å². The number of amides is 1. The van der Waals surface area contributed by atoms with Crippen LogP contribution in [0.5, 0.6) is 0 Å². The molecule has 0 aromatic heterocycles. The monoisotopic (exact) mass is 366 g/mol. The highest BCUT2D eigenvalue weighted by Crippen LogP contribution is 2.39. The lowest BCUT2D eigenvalue weighted by Gasteiger charge is -2.33. The molecule has 0 aliphatic carbocycles. The SMILES string of the molecule is [C-]#[N+]c1ccc(N2C(=O)O[C@H](C)[C@@H]2C(C)O[Si](C)(C)C)c(C)c1Cl. The fourth-order valence-electron chi connectivity index (χ4n) is 3.10. The number of nitrogens with zero attached hydrogens (tertiary/aromatic N) is 2. The number of hydrogen-bond acceptors (Lipinski definition) is 3. The number of halogens is 1. The molecule has 2 rings (SSSR count). The summed E-state index contributed by atoms with van der Waals surface area (Å²) >= 11 is 6.28. The Morgan fingerprint density at radius 3 is 2.58 bits per heavy atom. The number of carbonyl (C=O) groups is 1. The number of benzene rings is 1. The molecule has 1 aliphatic rings. The summed E-state index contributed by atoms with van der Waals surface area (Å²) in [6.07, 6.45) is -0.868. The first-order valence-electron chi connectivity index (χ1n) is 7.91. The molecule has 1 saturated heterocycles. The number of cyclic esters (lactones) is 1. The Bertz CT molecular complexity index is 696. The third-order valence-electron chi connectivity index (χ3n) is 4.00. The molecule has 0 N–H and O–H groups in total. The second-order valence-corrected chi connectivity index (χ2v) is 11.9. The molecule has 0 saturated carbocycles. The molecule has 0 bridgehead atoms. The van der Waals surface area contributed by atoms with E-state index in [1.165, 1.54) is 0 Å². The van der Waals surface area contributed by atoms with Crippen LogP contribution in [0, 0.1) is 13.5 Å². The van der Waals surface area contributed by atoms with Gasteiger partial charge in [-0.1, -0.05) is 17.7 Å². The molecule has 1 aromatic rings. The van der Waals surface area contributed by atoms with E-state index >= 15 is 0 Å². The Balaban J connectivity index is 2.45. The molecule has 0 radical (unpaired) electrons. The maximum Gasteiger partial charge on any atom is 0.415 e. The van der Waals surface area contributed by atoms with Crippen LogP contribution in [-0.2, 0) is 9.16 Å². The van der Waals surface area contributed by atoms with Crippen molar-refractivity contribution in [2.75, 3.05) is 4.90 Å². The molecule has 5 nitrogen and oxygen atoms in total. The second kappa shape index (κ2) is 6.75. The number of hydrogen-bond donors (Lipinski definition) is 0. The molecule has 7 heteroatoms. The van der Waals surface area contributed by atoms with Gasteiger partial charge in [-0.25, -0.2) is 9.64 Å². The fourth-order valence-corrected chi connectivity index (χ4v) is 4.56. The Labute approximate surface area is 149 Å². The van der Waals surface area contributed by atoms with Crippen molar-refractivity contribution in [2.24, 2.45) is 0 Å². The normalized spacial score (nSPS) is 22.2. The molecule has 1 amide bonds. The van der Waals surface area contributed by atoms with Gasteiger partial charge in [0.15, 0.2) is 8.32 Å². The summed E-state index contributed by atoms with van der Waals surface area (Å²) in [4.78, 5) is 17.5. The molecule has 1 aliphatic heterocycles. The highest BCUT2D eigenvalue weighted by Gasteiger charge is 2.45. The summed E-state index contributed by atoms with van der Waals surface area (Å²) in [5.41, 5.74) is 1.74. The van der Waals surface area contributed by atoms with E-state index in [-0.39, 0.29) is 18.2 Å². The summed E-state index contributed by atoms with van der Waals surface area (Å²) in [7, 11) is -1.77. The standard InChI is InChI=1S/C17H23ClN2O3Si/c1-10-14(9-8-13(19-4)15(10)18)20-16(11(2)22-17(20)21)12(3)23-24(5,6)7/h8-9,11-12,16H,1-3,5-7H3/t11-,12?,16-/m1/s1. The van der Waals surface area contributed by atoms with Crippen LogP contribution < -0.4 is 4.90 Å². The van der Waals surface area contributed by atoms with Crippen molar-refractivity contribution >= 4 is 37.4 Å². The minimum absolute atomic E-state index is 0.170. The largest absolute Gasteiger partial charge is 0.444 e. The van der Waals surface area contributed by atoms with Crippen LogP contribution in [0.2, 0.25) is 24.7 Å². The van der Waals surface area contributed by atoms with Crippen molar-refractivity contribution in [3.05, 3.63) is 34.1 Å². The van der Waals surface area contributed by atoms with Gasteiger partial charge in [0.05, 0.1) is 17.7 Å². The van der Waals surface area contributed by atoms with Gasteiger partial charge in [-0.05, 0) is 52.0 Å². The second-order valence-electron chi connectivity index (χ2n) is 7.04. The van der Waals surface area contributed by atoms with Crippen LogP contribution in [0.1, 0.15) is 19.4 Å². The zero-order valence-electron chi connectivity index (χ0n) is 14.9. The predicted octanol–water partition coefficient (Wildman–Crippen LogP) is 5.15. The minimum Gasteiger partial charge on any atom is -0.444 e. The molecule has 1 aromatic carbocycles. The van der Waals surface area contributed by atoms with E-state index in [0.717, 1.165) is 0 Å². The van der Waals surface area contributed by atoms with Crippen LogP contribution in [0.15, 0.2) is 12.1 Å². The molecule has 1 fully saturated rings. The van der Waals surface area contributed by atoms with Gasteiger partial charge in [-0.2, -0.15) is 0 Å². The van der Waals surface area contributed by atoms with Crippen LogP contribution in [0.4, 0.5) is 16.2 Å². The molecule has 1 unspecified atom stereocenters. The van der Waals surface area contributed by atoms with Crippen LogP contribution in [0.3, 0.4) is 0 Å². The molecule has 0 spiro atoms. The third-order valence-corrected chi connectivity index (χ3v) is 5.56. The summed E-state index contributed by atoms with van der Waals surface area (Å²) in [6.45, 7) is 19.2. The van der Waals surface area contributed by atoms with E-state index < -0.39 is 14.4 Å². The van der Waals surface area contributed by atoms with Gasteiger partial charge < -0.3 is 9.16 Å². The lowest BCUT2D eigenvalue weighted by molar-refractivity contribution is 0.107. The van der Waals surface area contributed by atoms with Gasteiger partial charge in [-0.3, -0.25) is 4.90 Å². The van der Waals surface area contributed by atoms with E-state index in [0.29, 0.717) is 22.0 Å². The van der Waals surface area contributed by atoms with E-state index in [4.69, 9.17) is 27.3 Å². The average Bonchev–Trinajstić information content (AvgIpc) is 2.74. The maximum atomic E-state index is 12.4. The zero-order chi connectivity index (χ0) is 18.2. The van der Waals surface area contributed by atoms with Gasteiger partial charge in [0.1, 0.15) is 12.1 Å². The minimum atomic E-state index is -1.77. The molecule has 24 heavy (non-hydrogen) atoms. The van der Waals surface area contributed by atoms with Gasteiger partial charge in [0.2, 0.25) is 5.69 Å². The summed E-state index contributed by atoms with van der Waals surface area (Å²) in [5.74, 6) is 0. The van der Waals surface area contributed by atoms with Crippen LogP contribution >= 0.6 is 11.6 Å². The Morgan fingerprint density at radius 2 is 2.04 bits per heavy atom. The Hall–Kier alpha value is -1.55. The third kappa shape index (κ3) is 3.58. The Kier molecular flexibility index (Phi) is 5.28. The first-order valence-corrected chi connectivity index (χ1v) is 11.7. The van der Waals surface area contributed by atoms with Gasteiger partial charge in [0.25, 0.3) is 0 Å². The molecule has 3 atom stereocenters. The highest BCUT2D eigenvalue weighted by atomic mass is 35.5. The van der Waals surface area contributed by atoms with Gasteiger partial charge >= 0.3 is 6.09 Å². The Morgan fingerprint density at radius 1 is 1.42 bits per heavy atom. The van der Waals surface area contributed by atoms with E-state index in [9.17, 15) is 4.79 Å². The van der Waals surface area contributed by atoms with E-state index in [2.05, 4.69) is 24.5 Å². The van der Waals surface area contributed by atoms with Gasteiger partial charge in [0, 0.05) is 5.69 Å². The first kappa shape index (κ1) is 18.8. The van der Waals surface area contributed by atoms with Crippen molar-refractivity contribution in [2.45, 2.75) is 58.7 Å². The zero-order valence-corrected chi connectivity index (χ0v) is 16.6. The smallest absolute Gasteiger partial charge is 0.415 e.